The number of anilines is 2. The number of amides is 1. The van der Waals surface area contributed by atoms with Gasteiger partial charge in [-0.1, -0.05) is 12.1 Å². The van der Waals surface area contributed by atoms with Crippen LogP contribution >= 0.6 is 0 Å². The van der Waals surface area contributed by atoms with Crippen LogP contribution in [0.3, 0.4) is 0 Å². The maximum Gasteiger partial charge on any atom is 0.260 e. The zero-order valence-electron chi connectivity index (χ0n) is 17.6. The third-order valence-electron chi connectivity index (χ3n) is 4.88. The molecule has 4 rings (SSSR count). The SMILES string of the molecule is Cc1cnc(S(C)(=O)=O)c(N(Cc2ccc3ccc(N)nc3c2)C(=O)c2cccnc2)c1. The summed E-state index contributed by atoms with van der Waals surface area (Å²) in [6.45, 7) is 1.89. The standard InChI is InChI=1S/C23H21N5O3S/c1-15-10-20(22(26-12-15)32(2,30)31)28(23(29)18-4-3-9-25-13-18)14-16-5-6-17-7-8-21(24)27-19(17)11-16/h3-13H,14H2,1-2H3,(H2,24,27). The number of benzene rings is 1. The first-order chi connectivity index (χ1) is 15.2. The van der Waals surface area contributed by atoms with Crippen molar-refractivity contribution in [2.75, 3.05) is 16.9 Å². The van der Waals surface area contributed by atoms with Crippen LogP contribution in [0.25, 0.3) is 10.9 Å². The van der Waals surface area contributed by atoms with Crippen LogP contribution in [0.1, 0.15) is 21.5 Å². The van der Waals surface area contributed by atoms with Gasteiger partial charge < -0.3 is 10.6 Å². The van der Waals surface area contributed by atoms with E-state index in [9.17, 15) is 13.2 Å². The molecular formula is C23H21N5O3S. The van der Waals surface area contributed by atoms with Crippen LogP contribution in [0.4, 0.5) is 11.5 Å². The van der Waals surface area contributed by atoms with E-state index in [0.717, 1.165) is 22.8 Å². The van der Waals surface area contributed by atoms with E-state index in [-0.39, 0.29) is 17.3 Å². The van der Waals surface area contributed by atoms with E-state index in [4.69, 9.17) is 5.73 Å². The molecule has 1 aromatic carbocycles. The molecule has 0 spiro atoms. The number of aromatic nitrogens is 3. The highest BCUT2D eigenvalue weighted by atomic mass is 32.2. The van der Waals surface area contributed by atoms with Crippen LogP contribution in [-0.4, -0.2) is 35.5 Å². The molecule has 0 saturated carbocycles. The van der Waals surface area contributed by atoms with Crippen molar-refractivity contribution < 1.29 is 13.2 Å². The molecule has 162 valence electrons. The van der Waals surface area contributed by atoms with Crippen molar-refractivity contribution in [1.82, 2.24) is 15.0 Å². The van der Waals surface area contributed by atoms with Gasteiger partial charge in [-0.2, -0.15) is 0 Å². The Morgan fingerprint density at radius 1 is 1.09 bits per heavy atom. The highest BCUT2D eigenvalue weighted by Crippen LogP contribution is 2.28. The largest absolute Gasteiger partial charge is 0.384 e. The summed E-state index contributed by atoms with van der Waals surface area (Å²) in [5.74, 6) is -0.00350. The van der Waals surface area contributed by atoms with Crippen LogP contribution in [0.2, 0.25) is 0 Å². The number of sulfone groups is 1. The summed E-state index contributed by atoms with van der Waals surface area (Å²) >= 11 is 0. The van der Waals surface area contributed by atoms with Gasteiger partial charge in [0.1, 0.15) is 5.82 Å². The highest BCUT2D eigenvalue weighted by Gasteiger charge is 2.26. The maximum atomic E-state index is 13.5. The first-order valence-corrected chi connectivity index (χ1v) is 11.7. The Balaban J connectivity index is 1.86. The van der Waals surface area contributed by atoms with Crippen LogP contribution in [0.5, 0.6) is 0 Å². The molecule has 0 aliphatic rings. The molecule has 4 aromatic rings. The second-order valence-electron chi connectivity index (χ2n) is 7.51. The molecule has 3 aromatic heterocycles. The van der Waals surface area contributed by atoms with Crippen LogP contribution in [-0.2, 0) is 16.4 Å². The number of hydrogen-bond donors (Lipinski definition) is 1. The molecule has 0 radical (unpaired) electrons. The lowest BCUT2D eigenvalue weighted by Crippen LogP contribution is -2.32. The third kappa shape index (κ3) is 4.42. The number of carbonyl (C=O) groups excluding carboxylic acids is 1. The summed E-state index contributed by atoms with van der Waals surface area (Å²) in [7, 11) is -3.69. The summed E-state index contributed by atoms with van der Waals surface area (Å²) < 4.78 is 24.9. The van der Waals surface area contributed by atoms with Crippen LogP contribution in [0.15, 0.2) is 72.1 Å². The highest BCUT2D eigenvalue weighted by molar-refractivity contribution is 7.90. The van der Waals surface area contributed by atoms with Gasteiger partial charge in [0.2, 0.25) is 0 Å². The van der Waals surface area contributed by atoms with Gasteiger partial charge in [-0.15, -0.1) is 0 Å². The summed E-state index contributed by atoms with van der Waals surface area (Å²) in [6.07, 6.45) is 5.55. The Hall–Kier alpha value is -3.85. The Bertz CT molecular complexity index is 1420. The van der Waals surface area contributed by atoms with Crippen molar-refractivity contribution in [2.45, 2.75) is 18.5 Å². The van der Waals surface area contributed by atoms with Gasteiger partial charge >= 0.3 is 0 Å². The second kappa shape index (κ2) is 8.35. The van der Waals surface area contributed by atoms with E-state index in [1.54, 1.807) is 37.4 Å². The average Bonchev–Trinajstić information content (AvgIpc) is 2.76. The quantitative estimate of drug-likeness (QED) is 0.499. The van der Waals surface area contributed by atoms with Gasteiger partial charge in [0.15, 0.2) is 14.9 Å². The molecule has 2 N–H and O–H groups in total. The molecule has 32 heavy (non-hydrogen) atoms. The fraction of sp³-hybridized carbons (Fsp3) is 0.130. The van der Waals surface area contributed by atoms with Gasteiger partial charge in [0, 0.05) is 30.2 Å². The molecule has 0 saturated heterocycles. The minimum absolute atomic E-state index is 0.105. The third-order valence-corrected chi connectivity index (χ3v) is 5.90. The number of nitrogen functional groups attached to an aromatic ring is 1. The maximum absolute atomic E-state index is 13.5. The number of carbonyl (C=O) groups is 1. The number of nitrogens with zero attached hydrogens (tertiary/aromatic N) is 4. The first kappa shape index (κ1) is 21.4. The van der Waals surface area contributed by atoms with Crippen molar-refractivity contribution >= 4 is 38.2 Å². The van der Waals surface area contributed by atoms with Crippen molar-refractivity contribution in [2.24, 2.45) is 0 Å². The lowest BCUT2D eigenvalue weighted by atomic mass is 10.1. The van der Waals surface area contributed by atoms with Gasteiger partial charge in [-0.05, 0) is 54.4 Å². The van der Waals surface area contributed by atoms with E-state index >= 15 is 0 Å². The number of aryl methyl sites for hydroxylation is 1. The number of hydrogen-bond acceptors (Lipinski definition) is 7. The first-order valence-electron chi connectivity index (χ1n) is 9.76. The summed E-state index contributed by atoms with van der Waals surface area (Å²) in [5, 5.41) is 0.741. The second-order valence-corrected chi connectivity index (χ2v) is 9.44. The molecule has 9 heteroatoms. The van der Waals surface area contributed by atoms with E-state index in [1.807, 2.05) is 24.3 Å². The minimum atomic E-state index is -3.69. The summed E-state index contributed by atoms with van der Waals surface area (Å²) in [5.41, 5.74) is 8.52. The Kier molecular flexibility index (Phi) is 5.58. The number of rotatable bonds is 5. The topological polar surface area (TPSA) is 119 Å². The summed E-state index contributed by atoms with van der Waals surface area (Å²) in [6, 6.07) is 14.1. The fourth-order valence-electron chi connectivity index (χ4n) is 3.39. The van der Waals surface area contributed by atoms with Gasteiger partial charge in [0.25, 0.3) is 5.91 Å². The van der Waals surface area contributed by atoms with Gasteiger partial charge in [-0.25, -0.2) is 18.4 Å². The molecule has 0 bridgehead atoms. The minimum Gasteiger partial charge on any atom is -0.384 e. The van der Waals surface area contributed by atoms with Crippen LogP contribution in [0, 0.1) is 6.92 Å². The normalized spacial score (nSPS) is 11.4. The number of fused-ring (bicyclic) bond motifs is 1. The van der Waals surface area contributed by atoms with Crippen molar-refractivity contribution in [3.05, 3.63) is 83.8 Å². The zero-order chi connectivity index (χ0) is 22.9. The van der Waals surface area contributed by atoms with Crippen LogP contribution < -0.4 is 10.6 Å². The smallest absolute Gasteiger partial charge is 0.260 e. The number of pyridine rings is 3. The monoisotopic (exact) mass is 447 g/mol. The predicted molar refractivity (Wildman–Crippen MR) is 123 cm³/mol. The van der Waals surface area contributed by atoms with E-state index in [1.165, 1.54) is 17.3 Å². The predicted octanol–water partition coefficient (Wildman–Crippen LogP) is 3.17. The number of nitrogens with two attached hydrogens (primary N) is 1. The lowest BCUT2D eigenvalue weighted by Gasteiger charge is -2.25. The van der Waals surface area contributed by atoms with E-state index in [2.05, 4.69) is 15.0 Å². The Morgan fingerprint density at radius 3 is 2.59 bits per heavy atom. The van der Waals surface area contributed by atoms with Gasteiger partial charge in [0.05, 0.1) is 23.3 Å². The molecule has 3 heterocycles. The molecule has 1 amide bonds. The summed E-state index contributed by atoms with van der Waals surface area (Å²) in [4.78, 5) is 27.4. The molecule has 8 nitrogen and oxygen atoms in total. The molecule has 0 fully saturated rings. The zero-order valence-corrected chi connectivity index (χ0v) is 18.4. The lowest BCUT2D eigenvalue weighted by molar-refractivity contribution is 0.0984. The Morgan fingerprint density at radius 2 is 1.88 bits per heavy atom. The molecule has 0 unspecified atom stereocenters. The molecule has 0 aliphatic carbocycles. The van der Waals surface area contributed by atoms with E-state index < -0.39 is 15.7 Å². The van der Waals surface area contributed by atoms with Crippen molar-refractivity contribution in [3.8, 4) is 0 Å². The van der Waals surface area contributed by atoms with Gasteiger partial charge in [-0.3, -0.25) is 9.78 Å². The van der Waals surface area contributed by atoms with Crippen molar-refractivity contribution in [3.63, 3.8) is 0 Å². The Labute approximate surface area is 185 Å². The molecule has 0 aliphatic heterocycles. The fourth-order valence-corrected chi connectivity index (χ4v) is 4.18. The van der Waals surface area contributed by atoms with E-state index in [0.29, 0.717) is 16.9 Å². The van der Waals surface area contributed by atoms with Crippen molar-refractivity contribution in [1.29, 1.82) is 0 Å². The molecular weight excluding hydrogens is 426 g/mol. The molecule has 0 atom stereocenters. The average molecular weight is 448 g/mol.